The Balaban J connectivity index is 2.81. The van der Waals surface area contributed by atoms with E-state index in [1.807, 2.05) is 38.1 Å². The van der Waals surface area contributed by atoms with Gasteiger partial charge in [0.1, 0.15) is 11.5 Å². The van der Waals surface area contributed by atoms with Crippen molar-refractivity contribution >= 4 is 0 Å². The van der Waals surface area contributed by atoms with Gasteiger partial charge >= 0.3 is 0 Å². The van der Waals surface area contributed by atoms with E-state index in [0.29, 0.717) is 12.8 Å². The van der Waals surface area contributed by atoms with Crippen molar-refractivity contribution in [3.63, 3.8) is 0 Å². The highest BCUT2D eigenvalue weighted by molar-refractivity contribution is 5.55. The summed E-state index contributed by atoms with van der Waals surface area (Å²) in [6, 6.07) is 7.93. The molecule has 4 nitrogen and oxygen atoms in total. The molecule has 0 bridgehead atoms. The van der Waals surface area contributed by atoms with Crippen molar-refractivity contribution in [2.45, 2.75) is 78.6 Å². The molecule has 0 aliphatic carbocycles. The van der Waals surface area contributed by atoms with Crippen LogP contribution >= 0.6 is 0 Å². The molecule has 31 heavy (non-hydrogen) atoms. The van der Waals surface area contributed by atoms with Gasteiger partial charge in [-0.15, -0.1) is 0 Å². The average Bonchev–Trinajstić information content (AvgIpc) is 2.71. The molecule has 0 aliphatic heterocycles. The topological polar surface area (TPSA) is 80.9 Å². The Morgan fingerprint density at radius 3 is 1.48 bits per heavy atom. The zero-order valence-electron chi connectivity index (χ0n) is 19.9. The Morgan fingerprint density at radius 2 is 1.10 bits per heavy atom. The monoisotopic (exact) mass is 428 g/mol. The fraction of sp³-hybridized carbons (Fsp3) is 0.556. The molecule has 2 rings (SSSR count). The number of benzene rings is 2. The average molecular weight is 429 g/mol. The summed E-state index contributed by atoms with van der Waals surface area (Å²) < 4.78 is 0. The lowest BCUT2D eigenvalue weighted by Crippen LogP contribution is -2.13. The highest BCUT2D eigenvalue weighted by atomic mass is 16.3. The lowest BCUT2D eigenvalue weighted by Gasteiger charge is -2.28. The second-order valence-electron chi connectivity index (χ2n) is 9.38. The highest BCUT2D eigenvalue weighted by Crippen LogP contribution is 2.46. The van der Waals surface area contributed by atoms with Crippen molar-refractivity contribution in [1.29, 1.82) is 0 Å². The minimum absolute atomic E-state index is 0.0451. The van der Waals surface area contributed by atoms with Gasteiger partial charge < -0.3 is 20.4 Å². The van der Waals surface area contributed by atoms with E-state index in [2.05, 4.69) is 27.7 Å². The Labute approximate surface area is 187 Å². The van der Waals surface area contributed by atoms with Gasteiger partial charge in [0.2, 0.25) is 0 Å². The number of phenols is 2. The minimum atomic E-state index is -0.211. The molecule has 0 spiro atoms. The summed E-state index contributed by atoms with van der Waals surface area (Å²) in [5.41, 5.74) is 5.31. The number of aliphatic hydroxyl groups excluding tert-OH is 2. The van der Waals surface area contributed by atoms with Gasteiger partial charge in [0.05, 0.1) is 0 Å². The maximum absolute atomic E-state index is 11.3. The van der Waals surface area contributed by atoms with Gasteiger partial charge in [-0.3, -0.25) is 0 Å². The van der Waals surface area contributed by atoms with Crippen LogP contribution in [0.3, 0.4) is 0 Å². The standard InChI is InChI=1S/C27H40O4/c1-7-18(6)22-13-20(9-11-29)15-24(27(22)31)25(17(4)5)23-14-19(8-10-28)12-21(16(2)3)26(23)30/h12-18,25,28-31H,7-11H2,1-6H3. The van der Waals surface area contributed by atoms with Crippen molar-refractivity contribution in [3.8, 4) is 11.5 Å². The highest BCUT2D eigenvalue weighted by Gasteiger charge is 2.28. The summed E-state index contributed by atoms with van der Waals surface area (Å²) in [4.78, 5) is 0. The molecule has 0 aromatic heterocycles. The predicted octanol–water partition coefficient (Wildman–Crippen LogP) is 5.59. The molecule has 0 saturated heterocycles. The van der Waals surface area contributed by atoms with Crippen LogP contribution in [0, 0.1) is 5.92 Å². The van der Waals surface area contributed by atoms with Gasteiger partial charge in [0.25, 0.3) is 0 Å². The third-order valence-electron chi connectivity index (χ3n) is 6.36. The zero-order chi connectivity index (χ0) is 23.3. The summed E-state index contributed by atoms with van der Waals surface area (Å²) in [5, 5.41) is 41.6. The van der Waals surface area contributed by atoms with Crippen LogP contribution in [0.5, 0.6) is 11.5 Å². The molecule has 0 amide bonds. The van der Waals surface area contributed by atoms with Crippen LogP contribution < -0.4 is 0 Å². The molecular formula is C27H40O4. The number of phenolic OH excluding ortho intramolecular Hbond substituents is 2. The van der Waals surface area contributed by atoms with E-state index in [4.69, 9.17) is 0 Å². The quantitative estimate of drug-likeness (QED) is 0.397. The first-order valence-corrected chi connectivity index (χ1v) is 11.6. The molecule has 4 N–H and O–H groups in total. The van der Waals surface area contributed by atoms with E-state index in [9.17, 15) is 20.4 Å². The summed E-state index contributed by atoms with van der Waals surface area (Å²) in [5.74, 6) is 0.786. The number of aromatic hydroxyl groups is 2. The number of rotatable bonds is 10. The molecular weight excluding hydrogens is 388 g/mol. The van der Waals surface area contributed by atoms with Gasteiger partial charge in [-0.1, -0.05) is 65.8 Å². The van der Waals surface area contributed by atoms with E-state index in [1.54, 1.807) is 0 Å². The molecule has 0 radical (unpaired) electrons. The van der Waals surface area contributed by atoms with E-state index >= 15 is 0 Å². The number of hydrogen-bond donors (Lipinski definition) is 4. The van der Waals surface area contributed by atoms with Crippen molar-refractivity contribution in [2.75, 3.05) is 13.2 Å². The first kappa shape index (κ1) is 25.2. The van der Waals surface area contributed by atoms with E-state index in [0.717, 1.165) is 39.8 Å². The van der Waals surface area contributed by atoms with Crippen LogP contribution in [-0.4, -0.2) is 33.6 Å². The third kappa shape index (κ3) is 5.61. The van der Waals surface area contributed by atoms with Crippen LogP contribution in [0.15, 0.2) is 24.3 Å². The Kier molecular flexibility index (Phi) is 8.96. The third-order valence-corrected chi connectivity index (χ3v) is 6.36. The maximum atomic E-state index is 11.3. The van der Waals surface area contributed by atoms with Crippen molar-refractivity contribution in [1.82, 2.24) is 0 Å². The van der Waals surface area contributed by atoms with Crippen LogP contribution in [0.25, 0.3) is 0 Å². The molecule has 4 heteroatoms. The smallest absolute Gasteiger partial charge is 0.122 e. The first-order valence-electron chi connectivity index (χ1n) is 11.6. The van der Waals surface area contributed by atoms with Crippen LogP contribution in [0.1, 0.15) is 99.1 Å². The molecule has 0 aliphatic rings. The summed E-state index contributed by atoms with van der Waals surface area (Å²) >= 11 is 0. The van der Waals surface area contributed by atoms with Gasteiger partial charge in [-0.25, -0.2) is 0 Å². The lowest BCUT2D eigenvalue weighted by atomic mass is 9.77. The fourth-order valence-electron chi connectivity index (χ4n) is 4.43. The molecule has 0 fully saturated rings. The van der Waals surface area contributed by atoms with Crippen molar-refractivity contribution < 1.29 is 20.4 Å². The number of aliphatic hydroxyl groups is 2. The molecule has 0 heterocycles. The SMILES string of the molecule is CCC(C)c1cc(CCO)cc(C(c2cc(CCO)cc(C(C)C)c2O)C(C)C)c1O. The molecule has 0 saturated carbocycles. The van der Waals surface area contributed by atoms with Crippen molar-refractivity contribution in [2.24, 2.45) is 5.92 Å². The Morgan fingerprint density at radius 1 is 0.677 bits per heavy atom. The second kappa shape index (κ2) is 11.0. The summed E-state index contributed by atoms with van der Waals surface area (Å²) in [7, 11) is 0. The minimum Gasteiger partial charge on any atom is -0.507 e. The van der Waals surface area contributed by atoms with Gasteiger partial charge in [0.15, 0.2) is 0 Å². The maximum Gasteiger partial charge on any atom is 0.122 e. The van der Waals surface area contributed by atoms with E-state index < -0.39 is 0 Å². The van der Waals surface area contributed by atoms with E-state index in [1.165, 1.54) is 0 Å². The largest absolute Gasteiger partial charge is 0.507 e. The predicted molar refractivity (Wildman–Crippen MR) is 127 cm³/mol. The molecule has 172 valence electrons. The number of hydrogen-bond acceptors (Lipinski definition) is 4. The normalized spacial score (nSPS) is 13.7. The Bertz CT molecular complexity index is 870. The first-order chi connectivity index (χ1) is 14.7. The molecule has 2 aromatic carbocycles. The molecule has 2 atom stereocenters. The molecule has 2 unspecified atom stereocenters. The lowest BCUT2D eigenvalue weighted by molar-refractivity contribution is 0.299. The van der Waals surface area contributed by atoms with Crippen LogP contribution in [0.4, 0.5) is 0 Å². The van der Waals surface area contributed by atoms with Crippen LogP contribution in [-0.2, 0) is 12.8 Å². The van der Waals surface area contributed by atoms with Gasteiger partial charge in [-0.2, -0.15) is 0 Å². The van der Waals surface area contributed by atoms with E-state index in [-0.39, 0.29) is 48.4 Å². The Hall–Kier alpha value is -2.04. The molecule has 2 aromatic rings. The zero-order valence-corrected chi connectivity index (χ0v) is 19.9. The summed E-state index contributed by atoms with van der Waals surface area (Å²) in [6.07, 6.45) is 1.94. The summed E-state index contributed by atoms with van der Waals surface area (Å²) in [6.45, 7) is 12.6. The second-order valence-corrected chi connectivity index (χ2v) is 9.38. The van der Waals surface area contributed by atoms with Gasteiger partial charge in [-0.05, 0) is 59.3 Å². The van der Waals surface area contributed by atoms with Gasteiger partial charge in [0, 0.05) is 30.3 Å². The fourth-order valence-corrected chi connectivity index (χ4v) is 4.43. The van der Waals surface area contributed by atoms with Crippen molar-refractivity contribution in [3.05, 3.63) is 57.6 Å². The van der Waals surface area contributed by atoms with Crippen LogP contribution in [0.2, 0.25) is 0 Å².